The Labute approximate surface area is 108 Å². The van der Waals surface area contributed by atoms with Crippen LogP contribution < -0.4 is 5.32 Å². The van der Waals surface area contributed by atoms with E-state index >= 15 is 0 Å². The largest absolute Gasteiger partial charge is 0.306 e. The highest BCUT2D eigenvalue weighted by Gasteiger charge is 2.20. The number of nitrogens with zero attached hydrogens (tertiary/aromatic N) is 1. The van der Waals surface area contributed by atoms with Crippen LogP contribution in [0, 0.1) is 5.82 Å². The monoisotopic (exact) mass is 270 g/mol. The Morgan fingerprint density at radius 2 is 2.35 bits per heavy atom. The predicted octanol–water partition coefficient (Wildman–Crippen LogP) is 3.63. The molecule has 0 spiro atoms. The first-order valence-electron chi connectivity index (χ1n) is 5.29. The molecule has 5 heteroatoms. The van der Waals surface area contributed by atoms with Crippen molar-refractivity contribution >= 4 is 22.9 Å². The van der Waals surface area contributed by atoms with E-state index in [1.54, 1.807) is 12.3 Å². The Kier molecular flexibility index (Phi) is 4.10. The standard InChI is InChI=1S/C12H12ClFN2S/c1-2-16-11(12-9(13)4-6-17-12)8-3-5-15-7-10(8)14/h3-7,11,16H,2H2,1H3. The second-order valence-electron chi connectivity index (χ2n) is 3.52. The summed E-state index contributed by atoms with van der Waals surface area (Å²) in [7, 11) is 0. The third-order valence-electron chi connectivity index (χ3n) is 2.43. The average Bonchev–Trinajstić information content (AvgIpc) is 2.74. The van der Waals surface area contributed by atoms with Gasteiger partial charge in [0.1, 0.15) is 5.82 Å². The molecule has 2 nitrogen and oxygen atoms in total. The molecular formula is C12H12ClFN2S. The van der Waals surface area contributed by atoms with Crippen LogP contribution in [0.25, 0.3) is 0 Å². The molecule has 0 fully saturated rings. The first kappa shape index (κ1) is 12.5. The fourth-order valence-corrected chi connectivity index (χ4v) is 2.94. The lowest BCUT2D eigenvalue weighted by Gasteiger charge is -2.17. The van der Waals surface area contributed by atoms with Gasteiger partial charge in [0.25, 0.3) is 0 Å². The number of pyridine rings is 1. The maximum Gasteiger partial charge on any atom is 0.146 e. The van der Waals surface area contributed by atoms with E-state index < -0.39 is 0 Å². The van der Waals surface area contributed by atoms with Crippen LogP contribution in [0.2, 0.25) is 5.02 Å². The number of thiophene rings is 1. The molecule has 2 aromatic heterocycles. The van der Waals surface area contributed by atoms with Gasteiger partial charge < -0.3 is 5.32 Å². The summed E-state index contributed by atoms with van der Waals surface area (Å²) in [6.45, 7) is 2.72. The number of rotatable bonds is 4. The molecule has 0 aromatic carbocycles. The number of halogens is 2. The van der Waals surface area contributed by atoms with Crippen LogP contribution in [-0.2, 0) is 0 Å². The highest BCUT2D eigenvalue weighted by Crippen LogP contribution is 2.33. The molecule has 90 valence electrons. The maximum atomic E-state index is 13.7. The van der Waals surface area contributed by atoms with Gasteiger partial charge in [-0.15, -0.1) is 11.3 Å². The Balaban J connectivity index is 2.43. The quantitative estimate of drug-likeness (QED) is 0.918. The van der Waals surface area contributed by atoms with Gasteiger partial charge in [-0.05, 0) is 24.1 Å². The summed E-state index contributed by atoms with van der Waals surface area (Å²) < 4.78 is 13.7. The Hall–Kier alpha value is -0.970. The van der Waals surface area contributed by atoms with Gasteiger partial charge in [0.05, 0.1) is 17.3 Å². The van der Waals surface area contributed by atoms with Crippen LogP contribution in [0.4, 0.5) is 4.39 Å². The van der Waals surface area contributed by atoms with Gasteiger partial charge >= 0.3 is 0 Å². The van der Waals surface area contributed by atoms with E-state index in [1.165, 1.54) is 17.5 Å². The van der Waals surface area contributed by atoms with Crippen molar-refractivity contribution in [3.05, 3.63) is 51.2 Å². The molecule has 2 aromatic rings. The minimum atomic E-state index is -0.317. The van der Waals surface area contributed by atoms with Gasteiger partial charge in [-0.2, -0.15) is 0 Å². The summed E-state index contributed by atoms with van der Waals surface area (Å²) in [6, 6.07) is 3.29. The summed E-state index contributed by atoms with van der Waals surface area (Å²) >= 11 is 7.62. The summed E-state index contributed by atoms with van der Waals surface area (Å²) in [6.07, 6.45) is 2.81. The third-order valence-corrected chi connectivity index (χ3v) is 3.85. The molecule has 0 saturated carbocycles. The van der Waals surface area contributed by atoms with E-state index in [-0.39, 0.29) is 11.9 Å². The fourth-order valence-electron chi connectivity index (χ4n) is 1.68. The zero-order valence-corrected chi connectivity index (χ0v) is 10.9. The van der Waals surface area contributed by atoms with Crippen molar-refractivity contribution in [2.75, 3.05) is 6.54 Å². The van der Waals surface area contributed by atoms with Crippen molar-refractivity contribution in [1.82, 2.24) is 10.3 Å². The van der Waals surface area contributed by atoms with Crippen LogP contribution in [0.1, 0.15) is 23.4 Å². The van der Waals surface area contributed by atoms with Crippen molar-refractivity contribution < 1.29 is 4.39 Å². The first-order chi connectivity index (χ1) is 8.24. The molecule has 2 rings (SSSR count). The molecular weight excluding hydrogens is 259 g/mol. The van der Waals surface area contributed by atoms with E-state index in [1.807, 2.05) is 18.4 Å². The highest BCUT2D eigenvalue weighted by atomic mass is 35.5. The molecule has 0 aliphatic carbocycles. The lowest BCUT2D eigenvalue weighted by Crippen LogP contribution is -2.22. The fraction of sp³-hybridized carbons (Fsp3) is 0.250. The van der Waals surface area contributed by atoms with Crippen LogP contribution in [0.3, 0.4) is 0 Å². The molecule has 0 radical (unpaired) electrons. The van der Waals surface area contributed by atoms with Gasteiger partial charge in [0.15, 0.2) is 0 Å². The van der Waals surface area contributed by atoms with Crippen molar-refractivity contribution in [1.29, 1.82) is 0 Å². The molecule has 0 saturated heterocycles. The summed E-state index contributed by atoms with van der Waals surface area (Å²) in [5.74, 6) is -0.317. The molecule has 2 heterocycles. The second-order valence-corrected chi connectivity index (χ2v) is 4.88. The van der Waals surface area contributed by atoms with Gasteiger partial charge in [-0.1, -0.05) is 18.5 Å². The molecule has 0 amide bonds. The first-order valence-corrected chi connectivity index (χ1v) is 6.55. The topological polar surface area (TPSA) is 24.9 Å². The number of aromatic nitrogens is 1. The highest BCUT2D eigenvalue weighted by molar-refractivity contribution is 7.10. The molecule has 1 N–H and O–H groups in total. The number of hydrogen-bond donors (Lipinski definition) is 1. The smallest absolute Gasteiger partial charge is 0.146 e. The van der Waals surface area contributed by atoms with Gasteiger partial charge in [-0.25, -0.2) is 4.39 Å². The molecule has 17 heavy (non-hydrogen) atoms. The van der Waals surface area contributed by atoms with Gasteiger partial charge in [0, 0.05) is 16.6 Å². The summed E-state index contributed by atoms with van der Waals surface area (Å²) in [5.41, 5.74) is 0.575. The molecule has 0 aliphatic heterocycles. The van der Waals surface area contributed by atoms with Crippen LogP contribution >= 0.6 is 22.9 Å². The second kappa shape index (κ2) is 5.58. The van der Waals surface area contributed by atoms with E-state index in [0.717, 1.165) is 11.4 Å². The lowest BCUT2D eigenvalue weighted by molar-refractivity contribution is 0.558. The minimum Gasteiger partial charge on any atom is -0.306 e. The SMILES string of the molecule is CCNC(c1ccncc1F)c1sccc1Cl. The van der Waals surface area contributed by atoms with Gasteiger partial charge in [0.2, 0.25) is 0 Å². The zero-order chi connectivity index (χ0) is 12.3. The van der Waals surface area contributed by atoms with E-state index in [0.29, 0.717) is 10.6 Å². The predicted molar refractivity (Wildman–Crippen MR) is 69.0 cm³/mol. The average molecular weight is 271 g/mol. The van der Waals surface area contributed by atoms with Crippen LogP contribution in [0.15, 0.2) is 29.9 Å². The summed E-state index contributed by atoms with van der Waals surface area (Å²) in [4.78, 5) is 4.69. The normalized spacial score (nSPS) is 12.6. The van der Waals surface area contributed by atoms with Crippen molar-refractivity contribution in [2.45, 2.75) is 13.0 Å². The molecule has 0 aliphatic rings. The van der Waals surface area contributed by atoms with Crippen LogP contribution in [-0.4, -0.2) is 11.5 Å². The van der Waals surface area contributed by atoms with Gasteiger partial charge in [-0.3, -0.25) is 4.98 Å². The molecule has 1 atom stereocenters. The van der Waals surface area contributed by atoms with Crippen molar-refractivity contribution in [2.24, 2.45) is 0 Å². The van der Waals surface area contributed by atoms with E-state index in [2.05, 4.69) is 10.3 Å². The van der Waals surface area contributed by atoms with Crippen molar-refractivity contribution in [3.63, 3.8) is 0 Å². The number of hydrogen-bond acceptors (Lipinski definition) is 3. The van der Waals surface area contributed by atoms with E-state index in [4.69, 9.17) is 11.6 Å². The van der Waals surface area contributed by atoms with Crippen LogP contribution in [0.5, 0.6) is 0 Å². The molecule has 0 bridgehead atoms. The lowest BCUT2D eigenvalue weighted by atomic mass is 10.1. The Bertz CT molecular complexity index is 501. The van der Waals surface area contributed by atoms with Crippen molar-refractivity contribution in [3.8, 4) is 0 Å². The Morgan fingerprint density at radius 3 is 2.94 bits per heavy atom. The number of nitrogens with one attached hydrogen (secondary N) is 1. The third kappa shape index (κ3) is 2.65. The minimum absolute atomic E-state index is 0.213. The maximum absolute atomic E-state index is 13.7. The Morgan fingerprint density at radius 1 is 1.53 bits per heavy atom. The summed E-state index contributed by atoms with van der Waals surface area (Å²) in [5, 5.41) is 5.81. The molecule has 1 unspecified atom stereocenters. The zero-order valence-electron chi connectivity index (χ0n) is 9.28. The van der Waals surface area contributed by atoms with E-state index in [9.17, 15) is 4.39 Å².